The van der Waals surface area contributed by atoms with Crippen molar-refractivity contribution in [2.75, 3.05) is 13.6 Å². The van der Waals surface area contributed by atoms with Gasteiger partial charge in [0.25, 0.3) is 11.6 Å². The largest absolute Gasteiger partial charge is 0.504 e. The zero-order valence-electron chi connectivity index (χ0n) is 19.3. The predicted molar refractivity (Wildman–Crippen MR) is 125 cm³/mol. The molecule has 0 saturated carbocycles. The lowest BCUT2D eigenvalue weighted by atomic mass is 9.85. The Morgan fingerprint density at radius 1 is 1.36 bits per heavy atom. The lowest BCUT2D eigenvalue weighted by Crippen LogP contribution is -2.43. The molecule has 2 heterocycles. The summed E-state index contributed by atoms with van der Waals surface area (Å²) in [5.41, 5.74) is 2.27. The van der Waals surface area contributed by atoms with Crippen LogP contribution in [0.2, 0.25) is 0 Å². The number of phenolic OH excluding ortho intramolecular Hbond substituents is 1. The van der Waals surface area contributed by atoms with Crippen molar-refractivity contribution < 1.29 is 19.6 Å². The van der Waals surface area contributed by atoms with Crippen LogP contribution in [0.1, 0.15) is 48.2 Å². The van der Waals surface area contributed by atoms with Crippen molar-refractivity contribution in [2.45, 2.75) is 57.7 Å². The molecule has 0 spiro atoms. The number of nitro benzene ring substituents is 1. The summed E-state index contributed by atoms with van der Waals surface area (Å²) in [6.07, 6.45) is 3.57. The van der Waals surface area contributed by atoms with Crippen LogP contribution < -0.4 is 10.1 Å². The van der Waals surface area contributed by atoms with Crippen LogP contribution in [0.25, 0.3) is 0 Å². The van der Waals surface area contributed by atoms with Gasteiger partial charge in [-0.05, 0) is 63.4 Å². The number of nitrogens with one attached hydrogen (secondary N) is 1. The smallest absolute Gasteiger partial charge is 0.270 e. The molecule has 1 amide bonds. The standard InChI is InChI=1S/C25H31N3O5/c1-15-6-5-11-27(3)21(15)13-17-9-10-22(29)24-20(17)14-23(33-24)16(2)26-25(30)18-7-4-8-19(12-18)28(31)32/h4,7-10,12,15-16,21,23,29H,5-6,11,13-14H2,1-3H3,(H,26,30). The third-order valence-electron chi connectivity index (χ3n) is 7.07. The van der Waals surface area contributed by atoms with Gasteiger partial charge in [-0.2, -0.15) is 0 Å². The van der Waals surface area contributed by atoms with E-state index < -0.39 is 10.8 Å². The Bertz CT molecular complexity index is 1050. The van der Waals surface area contributed by atoms with Crippen LogP contribution in [0.5, 0.6) is 11.5 Å². The number of phenols is 1. The van der Waals surface area contributed by atoms with Gasteiger partial charge in [-0.15, -0.1) is 0 Å². The molecule has 2 aromatic rings. The number of rotatable bonds is 6. The molecule has 8 nitrogen and oxygen atoms in total. The number of benzene rings is 2. The van der Waals surface area contributed by atoms with Gasteiger partial charge in [-0.1, -0.05) is 19.1 Å². The van der Waals surface area contributed by atoms with Crippen molar-refractivity contribution in [3.8, 4) is 11.5 Å². The second-order valence-electron chi connectivity index (χ2n) is 9.35. The number of amides is 1. The van der Waals surface area contributed by atoms with Gasteiger partial charge in [0.05, 0.1) is 11.0 Å². The van der Waals surface area contributed by atoms with Crippen LogP contribution in [0, 0.1) is 16.0 Å². The fourth-order valence-corrected chi connectivity index (χ4v) is 5.06. The monoisotopic (exact) mass is 453 g/mol. The second kappa shape index (κ2) is 9.39. The average Bonchev–Trinajstić information content (AvgIpc) is 3.25. The zero-order valence-corrected chi connectivity index (χ0v) is 19.3. The molecule has 0 aromatic heterocycles. The molecule has 2 aromatic carbocycles. The second-order valence-corrected chi connectivity index (χ2v) is 9.35. The lowest BCUT2D eigenvalue weighted by molar-refractivity contribution is -0.384. The highest BCUT2D eigenvalue weighted by Crippen LogP contribution is 2.41. The Kier molecular flexibility index (Phi) is 6.56. The Morgan fingerprint density at radius 3 is 2.88 bits per heavy atom. The SMILES string of the molecule is CC1CCCN(C)C1Cc1ccc(O)c2c1CC(C(C)NC(=O)c1cccc([N+](=O)[O-])c1)O2. The minimum Gasteiger partial charge on any atom is -0.504 e. The minimum absolute atomic E-state index is 0.110. The van der Waals surface area contributed by atoms with Crippen LogP contribution in [-0.2, 0) is 12.8 Å². The van der Waals surface area contributed by atoms with Crippen molar-refractivity contribution in [1.29, 1.82) is 0 Å². The van der Waals surface area contributed by atoms with E-state index in [4.69, 9.17) is 4.74 Å². The number of carbonyl (C=O) groups excluding carboxylic acids is 1. The molecule has 4 unspecified atom stereocenters. The highest BCUT2D eigenvalue weighted by atomic mass is 16.6. The third-order valence-corrected chi connectivity index (χ3v) is 7.07. The molecule has 0 bridgehead atoms. The number of piperidine rings is 1. The highest BCUT2D eigenvalue weighted by Gasteiger charge is 2.34. The quantitative estimate of drug-likeness (QED) is 0.511. The number of aromatic hydroxyl groups is 1. The van der Waals surface area contributed by atoms with E-state index in [-0.39, 0.29) is 29.1 Å². The number of ether oxygens (including phenoxy) is 1. The summed E-state index contributed by atoms with van der Waals surface area (Å²) in [7, 11) is 2.17. The molecule has 33 heavy (non-hydrogen) atoms. The molecule has 4 rings (SSSR count). The first-order valence-corrected chi connectivity index (χ1v) is 11.5. The Balaban J connectivity index is 1.47. The molecule has 1 saturated heterocycles. The molecule has 1 fully saturated rings. The number of likely N-dealkylation sites (tertiary alicyclic amines) is 1. The van der Waals surface area contributed by atoms with Crippen LogP contribution in [0.4, 0.5) is 5.69 Å². The molecular weight excluding hydrogens is 422 g/mol. The van der Waals surface area contributed by atoms with Crippen molar-refractivity contribution in [2.24, 2.45) is 5.92 Å². The first kappa shape index (κ1) is 23.0. The van der Waals surface area contributed by atoms with Gasteiger partial charge >= 0.3 is 0 Å². The van der Waals surface area contributed by atoms with E-state index in [2.05, 4.69) is 24.2 Å². The summed E-state index contributed by atoms with van der Waals surface area (Å²) in [4.78, 5) is 25.6. The fraction of sp³-hybridized carbons (Fsp3) is 0.480. The summed E-state index contributed by atoms with van der Waals surface area (Å²) in [6.45, 7) is 5.24. The van der Waals surface area contributed by atoms with E-state index >= 15 is 0 Å². The number of hydrogen-bond donors (Lipinski definition) is 2. The summed E-state index contributed by atoms with van der Waals surface area (Å²) in [5, 5.41) is 24.3. The van der Waals surface area contributed by atoms with Crippen molar-refractivity contribution >= 4 is 11.6 Å². The predicted octanol–water partition coefficient (Wildman–Crippen LogP) is 3.70. The van der Waals surface area contributed by atoms with Gasteiger partial charge in [0.2, 0.25) is 0 Å². The number of nitro groups is 1. The summed E-state index contributed by atoms with van der Waals surface area (Å²) >= 11 is 0. The molecule has 2 aliphatic rings. The van der Waals surface area contributed by atoms with Gasteiger partial charge in [-0.25, -0.2) is 0 Å². The number of hydrogen-bond acceptors (Lipinski definition) is 6. The third kappa shape index (κ3) is 4.80. The Morgan fingerprint density at radius 2 is 2.15 bits per heavy atom. The first-order chi connectivity index (χ1) is 15.7. The molecule has 0 aliphatic carbocycles. The average molecular weight is 454 g/mol. The number of likely N-dealkylation sites (N-methyl/N-ethyl adjacent to an activating group) is 1. The van der Waals surface area contributed by atoms with Crippen LogP contribution in [0.15, 0.2) is 36.4 Å². The molecule has 2 aliphatic heterocycles. The molecule has 2 N–H and O–H groups in total. The molecule has 8 heteroatoms. The summed E-state index contributed by atoms with van der Waals surface area (Å²) in [6, 6.07) is 9.42. The van der Waals surface area contributed by atoms with Crippen molar-refractivity contribution in [3.63, 3.8) is 0 Å². The molecular formula is C25H31N3O5. The summed E-state index contributed by atoms with van der Waals surface area (Å²) in [5.74, 6) is 0.811. The van der Waals surface area contributed by atoms with Crippen LogP contribution in [-0.4, -0.2) is 52.6 Å². The van der Waals surface area contributed by atoms with Crippen molar-refractivity contribution in [3.05, 3.63) is 63.2 Å². The van der Waals surface area contributed by atoms with E-state index in [1.54, 1.807) is 12.1 Å². The van der Waals surface area contributed by atoms with Gasteiger partial charge < -0.3 is 20.1 Å². The van der Waals surface area contributed by atoms with Crippen molar-refractivity contribution in [1.82, 2.24) is 10.2 Å². The van der Waals surface area contributed by atoms with E-state index in [0.717, 1.165) is 18.5 Å². The first-order valence-electron chi connectivity index (χ1n) is 11.5. The van der Waals surface area contributed by atoms with E-state index in [0.29, 0.717) is 24.1 Å². The van der Waals surface area contributed by atoms with Gasteiger partial charge in [-0.3, -0.25) is 14.9 Å². The number of fused-ring (bicyclic) bond motifs is 1. The molecule has 176 valence electrons. The summed E-state index contributed by atoms with van der Waals surface area (Å²) < 4.78 is 6.10. The number of non-ortho nitro benzene ring substituents is 1. The van der Waals surface area contributed by atoms with E-state index in [1.807, 2.05) is 13.0 Å². The Hall–Kier alpha value is -3.13. The Labute approximate surface area is 193 Å². The topological polar surface area (TPSA) is 105 Å². The maximum atomic E-state index is 12.7. The fourth-order valence-electron chi connectivity index (χ4n) is 5.06. The molecule has 0 radical (unpaired) electrons. The van der Waals surface area contributed by atoms with Gasteiger partial charge in [0.15, 0.2) is 11.5 Å². The number of carbonyl (C=O) groups is 1. The maximum absolute atomic E-state index is 12.7. The van der Waals surface area contributed by atoms with Crippen LogP contribution >= 0.6 is 0 Å². The van der Waals surface area contributed by atoms with E-state index in [1.165, 1.54) is 36.6 Å². The van der Waals surface area contributed by atoms with Crippen LogP contribution in [0.3, 0.4) is 0 Å². The maximum Gasteiger partial charge on any atom is 0.270 e. The lowest BCUT2D eigenvalue weighted by Gasteiger charge is -2.38. The molecule has 4 atom stereocenters. The van der Waals surface area contributed by atoms with E-state index in [9.17, 15) is 20.0 Å². The van der Waals surface area contributed by atoms with Gasteiger partial charge in [0, 0.05) is 35.7 Å². The normalized spacial score (nSPS) is 23.4. The number of nitrogens with zero attached hydrogens (tertiary/aromatic N) is 2. The highest BCUT2D eigenvalue weighted by molar-refractivity contribution is 5.95. The zero-order chi connectivity index (χ0) is 23.7. The minimum atomic E-state index is -0.522. The van der Waals surface area contributed by atoms with Gasteiger partial charge in [0.1, 0.15) is 6.10 Å².